The molecule has 0 unspecified atom stereocenters. The van der Waals surface area contributed by atoms with Gasteiger partial charge in [0, 0.05) is 17.2 Å². The highest BCUT2D eigenvalue weighted by molar-refractivity contribution is 6.83. The van der Waals surface area contributed by atoms with E-state index in [0.717, 1.165) is 28.6 Å². The summed E-state index contributed by atoms with van der Waals surface area (Å²) < 4.78 is 33.3. The quantitative estimate of drug-likeness (QED) is 0.301. The molecule has 4 aromatic rings. The van der Waals surface area contributed by atoms with Crippen molar-refractivity contribution < 1.29 is 13.3 Å². The van der Waals surface area contributed by atoms with Crippen molar-refractivity contribution in [3.63, 3.8) is 0 Å². The number of aromatic amines is 1. The Labute approximate surface area is 202 Å². The molecule has 35 heavy (non-hydrogen) atoms. The van der Waals surface area contributed by atoms with E-state index in [9.17, 15) is 8.78 Å². The van der Waals surface area contributed by atoms with Gasteiger partial charge in [-0.25, -0.2) is 13.8 Å². The molecule has 176 valence electrons. The number of H-pyrrole nitrogens is 1. The minimum atomic E-state index is -1.42. The van der Waals surface area contributed by atoms with Crippen molar-refractivity contribution >= 4 is 14.3 Å². The molecule has 5 rings (SSSR count). The van der Waals surface area contributed by atoms with Crippen LogP contribution in [0.15, 0.2) is 58.2 Å². The van der Waals surface area contributed by atoms with Gasteiger partial charge in [-0.05, 0) is 24.3 Å². The topological polar surface area (TPSA) is 70.3 Å². The van der Waals surface area contributed by atoms with Crippen LogP contribution in [0, 0.1) is 23.1 Å². The first-order chi connectivity index (χ1) is 16.7. The largest absolute Gasteiger partial charge is 0.359 e. The van der Waals surface area contributed by atoms with Crippen molar-refractivity contribution in [2.75, 3.05) is 0 Å². The summed E-state index contributed by atoms with van der Waals surface area (Å²) in [6.07, 6.45) is 1.59. The first-order valence-corrected chi connectivity index (χ1v) is 14.7. The summed E-state index contributed by atoms with van der Waals surface area (Å²) in [5, 5.41) is 10.4. The van der Waals surface area contributed by atoms with Gasteiger partial charge in [0.15, 0.2) is 17.4 Å². The Balaban J connectivity index is 1.27. The molecule has 1 N–H and O–H groups in total. The molecule has 0 spiro atoms. The Bertz CT molecular complexity index is 1470. The second kappa shape index (κ2) is 8.96. The number of nitrogens with one attached hydrogen (secondary N) is 1. The summed E-state index contributed by atoms with van der Waals surface area (Å²) >= 11 is 0. The predicted molar refractivity (Wildman–Crippen MR) is 133 cm³/mol. The fourth-order valence-electron chi connectivity index (χ4n) is 3.61. The number of hydrazone groups is 1. The molecule has 6 nitrogen and oxygen atoms in total. The van der Waals surface area contributed by atoms with Crippen molar-refractivity contribution in [1.29, 1.82) is 0 Å². The van der Waals surface area contributed by atoms with E-state index in [2.05, 4.69) is 51.3 Å². The van der Waals surface area contributed by atoms with Gasteiger partial charge < -0.3 is 9.51 Å². The second-order valence-corrected chi connectivity index (χ2v) is 14.1. The van der Waals surface area contributed by atoms with Gasteiger partial charge in [-0.3, -0.25) is 5.01 Å². The zero-order chi connectivity index (χ0) is 24.6. The van der Waals surface area contributed by atoms with Gasteiger partial charge in [0.2, 0.25) is 0 Å². The highest BCUT2D eigenvalue weighted by Gasteiger charge is 2.21. The molecule has 0 radical (unpaired) electrons. The summed E-state index contributed by atoms with van der Waals surface area (Å²) in [6.45, 7) is 7.46. The van der Waals surface area contributed by atoms with Gasteiger partial charge in [-0.2, -0.15) is 5.10 Å². The summed E-state index contributed by atoms with van der Waals surface area (Å²) in [5.74, 6) is 2.32. The van der Waals surface area contributed by atoms with E-state index in [1.807, 2.05) is 30.3 Å². The maximum Gasteiger partial charge on any atom is 0.169 e. The Morgan fingerprint density at radius 3 is 2.69 bits per heavy atom. The van der Waals surface area contributed by atoms with Crippen molar-refractivity contribution in [3.05, 3.63) is 82.9 Å². The number of aromatic nitrogens is 3. The van der Waals surface area contributed by atoms with E-state index in [4.69, 9.17) is 4.52 Å². The molecule has 9 heteroatoms. The third-order valence-electron chi connectivity index (χ3n) is 5.36. The molecule has 2 aromatic carbocycles. The van der Waals surface area contributed by atoms with Crippen LogP contribution in [0.1, 0.15) is 22.7 Å². The highest BCUT2D eigenvalue weighted by atomic mass is 28.3. The van der Waals surface area contributed by atoms with Crippen LogP contribution in [0.4, 0.5) is 8.78 Å². The van der Waals surface area contributed by atoms with Crippen LogP contribution in [-0.2, 0) is 13.1 Å². The van der Waals surface area contributed by atoms with Gasteiger partial charge >= 0.3 is 0 Å². The lowest BCUT2D eigenvalue weighted by Crippen LogP contribution is -2.21. The average Bonchev–Trinajstić information content (AvgIpc) is 3.46. The number of halogens is 2. The molecule has 1 aliphatic rings. The molecule has 0 saturated carbocycles. The molecule has 0 amide bonds. The van der Waals surface area contributed by atoms with Gasteiger partial charge in [0.05, 0.1) is 30.6 Å². The molecule has 3 heterocycles. The summed E-state index contributed by atoms with van der Waals surface area (Å²) in [5.41, 5.74) is 7.45. The summed E-state index contributed by atoms with van der Waals surface area (Å²) in [7, 11) is -1.42. The van der Waals surface area contributed by atoms with Crippen LogP contribution in [0.3, 0.4) is 0 Å². The van der Waals surface area contributed by atoms with Gasteiger partial charge in [0.1, 0.15) is 25.3 Å². The minimum Gasteiger partial charge on any atom is -0.359 e. The van der Waals surface area contributed by atoms with Crippen LogP contribution in [0.5, 0.6) is 0 Å². The predicted octanol–water partition coefficient (Wildman–Crippen LogP) is 5.59. The highest BCUT2D eigenvalue weighted by Crippen LogP contribution is 2.26. The van der Waals surface area contributed by atoms with E-state index in [1.165, 1.54) is 12.1 Å². The number of benzene rings is 2. The lowest BCUT2D eigenvalue weighted by atomic mass is 10.1. The summed E-state index contributed by atoms with van der Waals surface area (Å²) in [4.78, 5) is 7.44. The van der Waals surface area contributed by atoms with E-state index < -0.39 is 19.7 Å². The number of fused-ring (bicyclic) bond motifs is 1. The molecular formula is C26H23F2N5OSi. The standard InChI is InChI=1S/C26H23F2N5OSi/c1-35(2,3)12-11-17-7-9-18(10-8-17)22-13-19(34-32-22)15-33-16-24-23(14-29-33)30-26(31-24)20-5-4-6-21(27)25(20)28/h4-10,13-14H,15-16H2,1-3H3,(H,30,31). The molecule has 0 bridgehead atoms. The van der Waals surface area contributed by atoms with E-state index in [-0.39, 0.29) is 11.4 Å². The minimum absolute atomic E-state index is 0.0803. The monoisotopic (exact) mass is 487 g/mol. The van der Waals surface area contributed by atoms with E-state index in [1.54, 1.807) is 11.2 Å². The number of imidazole rings is 1. The normalized spacial score (nSPS) is 12.9. The fourth-order valence-corrected chi connectivity index (χ4v) is 4.13. The van der Waals surface area contributed by atoms with E-state index in [0.29, 0.717) is 24.5 Å². The third kappa shape index (κ3) is 5.07. The Morgan fingerprint density at radius 1 is 1.11 bits per heavy atom. The van der Waals surface area contributed by atoms with Crippen molar-refractivity contribution in [2.24, 2.45) is 5.10 Å². The third-order valence-corrected chi connectivity index (χ3v) is 6.24. The summed E-state index contributed by atoms with van der Waals surface area (Å²) in [6, 6.07) is 13.8. The maximum absolute atomic E-state index is 14.2. The van der Waals surface area contributed by atoms with Gasteiger partial charge in [-0.15, -0.1) is 5.54 Å². The van der Waals surface area contributed by atoms with Crippen LogP contribution in [0.25, 0.3) is 22.6 Å². The zero-order valence-electron chi connectivity index (χ0n) is 19.6. The van der Waals surface area contributed by atoms with Gasteiger partial charge in [-0.1, -0.05) is 48.9 Å². The first kappa shape index (κ1) is 22.7. The SMILES string of the molecule is C[Si](C)(C)C#Cc1ccc(-c2cc(CN3Cc4[nH]c(-c5cccc(F)c5F)nc4C=N3)on2)cc1. The smallest absolute Gasteiger partial charge is 0.169 e. The number of hydrogen-bond acceptors (Lipinski definition) is 5. The maximum atomic E-state index is 14.2. The first-order valence-electron chi connectivity index (χ1n) is 11.2. The lowest BCUT2D eigenvalue weighted by molar-refractivity contribution is 0.229. The molecule has 2 aromatic heterocycles. The lowest BCUT2D eigenvalue weighted by Gasteiger charge is -2.19. The number of nitrogens with zero attached hydrogens (tertiary/aromatic N) is 4. The van der Waals surface area contributed by atoms with Gasteiger partial charge in [0.25, 0.3) is 0 Å². The number of rotatable bonds is 4. The zero-order valence-corrected chi connectivity index (χ0v) is 20.6. The second-order valence-electron chi connectivity index (χ2n) is 9.37. The Morgan fingerprint density at radius 2 is 1.91 bits per heavy atom. The van der Waals surface area contributed by atoms with Crippen molar-refractivity contribution in [3.8, 4) is 34.1 Å². The van der Waals surface area contributed by atoms with Crippen LogP contribution < -0.4 is 0 Å². The van der Waals surface area contributed by atoms with Crippen molar-refractivity contribution in [1.82, 2.24) is 20.1 Å². The Kier molecular flexibility index (Phi) is 5.82. The molecular weight excluding hydrogens is 464 g/mol. The fraction of sp³-hybridized carbons (Fsp3) is 0.192. The average molecular weight is 488 g/mol. The molecule has 1 aliphatic heterocycles. The molecule has 0 aliphatic carbocycles. The molecule has 0 fully saturated rings. The molecule has 0 saturated heterocycles. The Hall–Kier alpha value is -4.03. The van der Waals surface area contributed by atoms with Crippen LogP contribution in [-0.4, -0.2) is 34.4 Å². The number of hydrogen-bond donors (Lipinski definition) is 1. The van der Waals surface area contributed by atoms with Crippen molar-refractivity contribution in [2.45, 2.75) is 32.7 Å². The van der Waals surface area contributed by atoms with Crippen LogP contribution >= 0.6 is 0 Å². The molecule has 0 atom stereocenters. The van der Waals surface area contributed by atoms with E-state index >= 15 is 0 Å². The van der Waals surface area contributed by atoms with Crippen LogP contribution in [0.2, 0.25) is 19.6 Å².